The van der Waals surface area contributed by atoms with Crippen LogP contribution in [-0.4, -0.2) is 86.6 Å². The van der Waals surface area contributed by atoms with Crippen molar-refractivity contribution in [3.8, 4) is 5.88 Å². The Morgan fingerprint density at radius 3 is 2.56 bits per heavy atom. The fourth-order valence-corrected chi connectivity index (χ4v) is 4.51. The standard InChI is InChI=1S/C14H22FN5O4S/c1-23-13-12(15)11-16-14(17-13)18-3-2-4-19(6-5-18)25(21,22)20-7-9-24-10-8-20/h11H,2-10H2,1H3. The van der Waals surface area contributed by atoms with Crippen molar-refractivity contribution in [1.29, 1.82) is 0 Å². The topological polar surface area (TPSA) is 88.1 Å². The molecule has 9 nitrogen and oxygen atoms in total. The first-order chi connectivity index (χ1) is 12.0. The third-order valence-corrected chi connectivity index (χ3v) is 6.29. The zero-order valence-corrected chi connectivity index (χ0v) is 14.9. The van der Waals surface area contributed by atoms with Gasteiger partial charge in [0.15, 0.2) is 0 Å². The molecule has 0 aliphatic carbocycles. The van der Waals surface area contributed by atoms with Gasteiger partial charge in [0.25, 0.3) is 16.1 Å². The van der Waals surface area contributed by atoms with Crippen LogP contribution in [0.1, 0.15) is 6.42 Å². The quantitative estimate of drug-likeness (QED) is 0.715. The van der Waals surface area contributed by atoms with E-state index in [-0.39, 0.29) is 5.88 Å². The first-order valence-electron chi connectivity index (χ1n) is 8.17. The third-order valence-electron chi connectivity index (χ3n) is 4.25. The smallest absolute Gasteiger partial charge is 0.282 e. The average Bonchev–Trinajstić information content (AvgIpc) is 2.89. The molecule has 0 N–H and O–H groups in total. The summed E-state index contributed by atoms with van der Waals surface area (Å²) in [6.45, 7) is 3.35. The molecule has 0 amide bonds. The predicted molar refractivity (Wildman–Crippen MR) is 88.3 cm³/mol. The second-order valence-electron chi connectivity index (χ2n) is 5.79. The van der Waals surface area contributed by atoms with E-state index in [1.165, 1.54) is 15.7 Å². The lowest BCUT2D eigenvalue weighted by Crippen LogP contribution is -2.49. The Morgan fingerprint density at radius 1 is 1.12 bits per heavy atom. The van der Waals surface area contributed by atoms with Crippen molar-refractivity contribution in [3.63, 3.8) is 0 Å². The van der Waals surface area contributed by atoms with Crippen LogP contribution in [0.5, 0.6) is 5.88 Å². The lowest BCUT2D eigenvalue weighted by Gasteiger charge is -2.31. The van der Waals surface area contributed by atoms with Crippen molar-refractivity contribution >= 4 is 16.2 Å². The lowest BCUT2D eigenvalue weighted by atomic mass is 10.4. The van der Waals surface area contributed by atoms with E-state index in [1.807, 2.05) is 4.90 Å². The zero-order chi connectivity index (χ0) is 17.9. The molecule has 1 aromatic rings. The van der Waals surface area contributed by atoms with Crippen molar-refractivity contribution in [3.05, 3.63) is 12.0 Å². The van der Waals surface area contributed by atoms with Crippen LogP contribution in [0, 0.1) is 5.82 Å². The molecule has 140 valence electrons. The van der Waals surface area contributed by atoms with Gasteiger partial charge in [0.1, 0.15) is 0 Å². The minimum atomic E-state index is -3.50. The van der Waals surface area contributed by atoms with E-state index in [1.54, 1.807) is 0 Å². The maximum atomic E-state index is 13.5. The molecule has 0 unspecified atom stereocenters. The van der Waals surface area contributed by atoms with E-state index in [0.29, 0.717) is 64.9 Å². The number of anilines is 1. The van der Waals surface area contributed by atoms with Gasteiger partial charge in [-0.1, -0.05) is 0 Å². The molecule has 3 rings (SSSR count). The highest BCUT2D eigenvalue weighted by Crippen LogP contribution is 2.20. The number of ether oxygens (including phenoxy) is 2. The summed E-state index contributed by atoms with van der Waals surface area (Å²) in [5.74, 6) is -0.409. The molecule has 2 aliphatic heterocycles. The Kier molecular flexibility index (Phi) is 5.67. The molecule has 0 spiro atoms. The van der Waals surface area contributed by atoms with E-state index in [4.69, 9.17) is 9.47 Å². The van der Waals surface area contributed by atoms with Crippen LogP contribution in [0.25, 0.3) is 0 Å². The van der Waals surface area contributed by atoms with Gasteiger partial charge in [-0.15, -0.1) is 0 Å². The summed E-state index contributed by atoms with van der Waals surface area (Å²) in [6.07, 6.45) is 1.70. The molecule has 0 aromatic carbocycles. The monoisotopic (exact) mass is 375 g/mol. The first kappa shape index (κ1) is 18.2. The SMILES string of the molecule is COc1nc(N2CCCN(S(=O)(=O)N3CCOCC3)CC2)ncc1F. The van der Waals surface area contributed by atoms with Crippen LogP contribution >= 0.6 is 0 Å². The Hall–Kier alpha value is -1.56. The van der Waals surface area contributed by atoms with Crippen LogP contribution in [0.15, 0.2) is 6.20 Å². The molecular formula is C14H22FN5O4S. The van der Waals surface area contributed by atoms with Gasteiger partial charge in [-0.3, -0.25) is 0 Å². The minimum absolute atomic E-state index is 0.118. The Morgan fingerprint density at radius 2 is 1.84 bits per heavy atom. The molecule has 2 saturated heterocycles. The Bertz CT molecular complexity index is 698. The summed E-state index contributed by atoms with van der Waals surface area (Å²) in [5.41, 5.74) is 0. The molecule has 0 saturated carbocycles. The highest BCUT2D eigenvalue weighted by molar-refractivity contribution is 7.86. The largest absolute Gasteiger partial charge is 0.479 e. The van der Waals surface area contributed by atoms with Crippen LogP contribution in [-0.2, 0) is 14.9 Å². The van der Waals surface area contributed by atoms with Crippen LogP contribution in [0.2, 0.25) is 0 Å². The molecule has 3 heterocycles. The van der Waals surface area contributed by atoms with Crippen molar-refractivity contribution in [2.45, 2.75) is 6.42 Å². The molecule has 0 radical (unpaired) electrons. The van der Waals surface area contributed by atoms with Crippen molar-refractivity contribution in [2.75, 3.05) is 64.5 Å². The van der Waals surface area contributed by atoms with Gasteiger partial charge in [-0.05, 0) is 6.42 Å². The van der Waals surface area contributed by atoms with E-state index in [0.717, 1.165) is 6.20 Å². The van der Waals surface area contributed by atoms with Gasteiger partial charge in [0.05, 0.1) is 26.5 Å². The number of morpholine rings is 1. The van der Waals surface area contributed by atoms with Crippen LogP contribution in [0.3, 0.4) is 0 Å². The predicted octanol–water partition coefficient (Wildman–Crippen LogP) is -0.287. The van der Waals surface area contributed by atoms with Gasteiger partial charge in [0, 0.05) is 39.3 Å². The molecular weight excluding hydrogens is 353 g/mol. The minimum Gasteiger partial charge on any atom is -0.479 e. The van der Waals surface area contributed by atoms with Crippen LogP contribution < -0.4 is 9.64 Å². The summed E-state index contributed by atoms with van der Waals surface area (Å²) in [6, 6.07) is 0. The van der Waals surface area contributed by atoms with Crippen molar-refractivity contribution in [2.24, 2.45) is 0 Å². The van der Waals surface area contributed by atoms with Gasteiger partial charge < -0.3 is 14.4 Å². The molecule has 2 aliphatic rings. The Labute approximate surface area is 146 Å². The lowest BCUT2D eigenvalue weighted by molar-refractivity contribution is 0.0703. The van der Waals surface area contributed by atoms with Gasteiger partial charge >= 0.3 is 0 Å². The zero-order valence-electron chi connectivity index (χ0n) is 14.1. The van der Waals surface area contributed by atoms with E-state index in [9.17, 15) is 12.8 Å². The molecule has 25 heavy (non-hydrogen) atoms. The van der Waals surface area contributed by atoms with Crippen LogP contribution in [0.4, 0.5) is 10.3 Å². The summed E-state index contributed by atoms with van der Waals surface area (Å²) in [7, 11) is -2.16. The average molecular weight is 375 g/mol. The molecule has 1 aromatic heterocycles. The molecule has 0 bridgehead atoms. The molecule has 2 fully saturated rings. The highest BCUT2D eigenvalue weighted by Gasteiger charge is 2.32. The van der Waals surface area contributed by atoms with Gasteiger partial charge in [0.2, 0.25) is 11.8 Å². The number of hydrogen-bond acceptors (Lipinski definition) is 7. The van der Waals surface area contributed by atoms with Crippen molar-refractivity contribution in [1.82, 2.24) is 18.6 Å². The number of nitrogens with zero attached hydrogens (tertiary/aromatic N) is 5. The van der Waals surface area contributed by atoms with E-state index >= 15 is 0 Å². The van der Waals surface area contributed by atoms with Gasteiger partial charge in [-0.25, -0.2) is 4.98 Å². The highest BCUT2D eigenvalue weighted by atomic mass is 32.2. The van der Waals surface area contributed by atoms with Gasteiger partial charge in [-0.2, -0.15) is 26.4 Å². The number of rotatable bonds is 4. The van der Waals surface area contributed by atoms with Crippen molar-refractivity contribution < 1.29 is 22.3 Å². The maximum absolute atomic E-state index is 13.5. The number of halogens is 1. The number of methoxy groups -OCH3 is 1. The second-order valence-corrected chi connectivity index (χ2v) is 7.71. The number of hydrogen-bond donors (Lipinski definition) is 0. The summed E-state index contributed by atoms with van der Waals surface area (Å²) >= 11 is 0. The third kappa shape index (κ3) is 4.00. The molecule has 0 atom stereocenters. The van der Waals surface area contributed by atoms with E-state index < -0.39 is 16.0 Å². The molecule has 11 heteroatoms. The summed E-state index contributed by atoms with van der Waals surface area (Å²) < 4.78 is 52.0. The maximum Gasteiger partial charge on any atom is 0.282 e. The first-order valence-corrected chi connectivity index (χ1v) is 9.56. The summed E-state index contributed by atoms with van der Waals surface area (Å²) in [4.78, 5) is 9.89. The Balaban J connectivity index is 1.70. The van der Waals surface area contributed by atoms with E-state index in [2.05, 4.69) is 9.97 Å². The number of aromatic nitrogens is 2. The second kappa shape index (κ2) is 7.77. The fourth-order valence-electron chi connectivity index (χ4n) is 2.90. The normalized spacial score (nSPS) is 21.1. The fraction of sp³-hybridized carbons (Fsp3) is 0.714. The summed E-state index contributed by atoms with van der Waals surface area (Å²) in [5, 5.41) is 0.